The molecule has 74 valence electrons. The molecular weight excluding hydrogens is 250 g/mol. The van der Waals surface area contributed by atoms with Gasteiger partial charge in [-0.15, -0.1) is 0 Å². The molecule has 0 saturated carbocycles. The van der Waals surface area contributed by atoms with Gasteiger partial charge in [-0.05, 0) is 39.8 Å². The smallest absolute Gasteiger partial charge is 0.0587 e. The maximum Gasteiger partial charge on any atom is 0.0587 e. The SMILES string of the molecule is COCCNCCc1cscc1Br. The molecule has 0 aliphatic carbocycles. The summed E-state index contributed by atoms with van der Waals surface area (Å²) in [4.78, 5) is 0. The molecule has 0 aromatic carbocycles. The molecule has 0 radical (unpaired) electrons. The van der Waals surface area contributed by atoms with Crippen molar-refractivity contribution in [2.24, 2.45) is 0 Å². The van der Waals surface area contributed by atoms with Gasteiger partial charge in [0.15, 0.2) is 0 Å². The van der Waals surface area contributed by atoms with Gasteiger partial charge in [0.1, 0.15) is 0 Å². The lowest BCUT2D eigenvalue weighted by atomic mass is 10.2. The predicted molar refractivity (Wildman–Crippen MR) is 60.5 cm³/mol. The Hall–Kier alpha value is 0.100. The lowest BCUT2D eigenvalue weighted by Crippen LogP contribution is -2.21. The average Bonchev–Trinajstić information content (AvgIpc) is 2.52. The van der Waals surface area contributed by atoms with Crippen molar-refractivity contribution in [3.8, 4) is 0 Å². The molecule has 1 heterocycles. The van der Waals surface area contributed by atoms with Crippen LogP contribution in [0.2, 0.25) is 0 Å². The first-order valence-electron chi connectivity index (χ1n) is 4.25. The number of hydrogen-bond donors (Lipinski definition) is 1. The van der Waals surface area contributed by atoms with Gasteiger partial charge in [0, 0.05) is 23.5 Å². The highest BCUT2D eigenvalue weighted by molar-refractivity contribution is 9.10. The van der Waals surface area contributed by atoms with E-state index in [0.717, 1.165) is 26.1 Å². The lowest BCUT2D eigenvalue weighted by Gasteiger charge is -2.02. The second-order valence-corrected chi connectivity index (χ2v) is 4.34. The van der Waals surface area contributed by atoms with Gasteiger partial charge in [-0.2, -0.15) is 11.3 Å². The molecule has 0 spiro atoms. The van der Waals surface area contributed by atoms with Crippen molar-refractivity contribution in [1.29, 1.82) is 0 Å². The molecule has 0 aliphatic rings. The fraction of sp³-hybridized carbons (Fsp3) is 0.556. The molecule has 1 N–H and O–H groups in total. The van der Waals surface area contributed by atoms with E-state index >= 15 is 0 Å². The van der Waals surface area contributed by atoms with Gasteiger partial charge in [0.05, 0.1) is 6.61 Å². The predicted octanol–water partition coefficient (Wildman–Crippen LogP) is 2.29. The molecule has 0 aliphatic heterocycles. The first kappa shape index (κ1) is 11.2. The summed E-state index contributed by atoms with van der Waals surface area (Å²) in [6, 6.07) is 0. The van der Waals surface area contributed by atoms with E-state index in [1.165, 1.54) is 10.0 Å². The molecule has 0 bridgehead atoms. The molecule has 1 rings (SSSR count). The fourth-order valence-electron chi connectivity index (χ4n) is 1.01. The van der Waals surface area contributed by atoms with E-state index in [1.807, 2.05) is 0 Å². The molecule has 13 heavy (non-hydrogen) atoms. The summed E-state index contributed by atoms with van der Waals surface area (Å²) < 4.78 is 6.16. The molecule has 0 fully saturated rings. The number of ether oxygens (including phenoxy) is 1. The third-order valence-electron chi connectivity index (χ3n) is 1.74. The molecule has 2 nitrogen and oxygen atoms in total. The highest BCUT2D eigenvalue weighted by Crippen LogP contribution is 2.21. The minimum atomic E-state index is 0.783. The second kappa shape index (κ2) is 6.54. The van der Waals surface area contributed by atoms with Crippen LogP contribution >= 0.6 is 27.3 Å². The van der Waals surface area contributed by atoms with Crippen molar-refractivity contribution in [2.45, 2.75) is 6.42 Å². The van der Waals surface area contributed by atoms with Crippen LogP contribution in [0.1, 0.15) is 5.56 Å². The number of methoxy groups -OCH3 is 1. The Balaban J connectivity index is 2.10. The van der Waals surface area contributed by atoms with E-state index in [1.54, 1.807) is 18.4 Å². The van der Waals surface area contributed by atoms with Crippen LogP contribution in [0.25, 0.3) is 0 Å². The van der Waals surface area contributed by atoms with Gasteiger partial charge in [-0.3, -0.25) is 0 Å². The van der Waals surface area contributed by atoms with Crippen LogP contribution in [0.5, 0.6) is 0 Å². The molecular formula is C9H14BrNOS. The summed E-state index contributed by atoms with van der Waals surface area (Å²) in [5.41, 5.74) is 1.38. The Morgan fingerprint density at radius 1 is 1.46 bits per heavy atom. The minimum Gasteiger partial charge on any atom is -0.383 e. The van der Waals surface area contributed by atoms with Gasteiger partial charge in [0.2, 0.25) is 0 Å². The van der Waals surface area contributed by atoms with E-state index in [2.05, 4.69) is 32.0 Å². The molecule has 0 atom stereocenters. The zero-order valence-electron chi connectivity index (χ0n) is 7.68. The third kappa shape index (κ3) is 4.22. The summed E-state index contributed by atoms with van der Waals surface area (Å²) in [5, 5.41) is 7.61. The Kier molecular flexibility index (Phi) is 5.62. The van der Waals surface area contributed by atoms with Crippen LogP contribution in [0.15, 0.2) is 15.2 Å². The first-order valence-corrected chi connectivity index (χ1v) is 5.98. The van der Waals surface area contributed by atoms with Crippen molar-refractivity contribution < 1.29 is 4.74 Å². The number of nitrogens with one attached hydrogen (secondary N) is 1. The molecule has 0 saturated heterocycles. The third-order valence-corrected chi connectivity index (χ3v) is 3.58. The topological polar surface area (TPSA) is 21.3 Å². The Morgan fingerprint density at radius 2 is 2.31 bits per heavy atom. The highest BCUT2D eigenvalue weighted by atomic mass is 79.9. The van der Waals surface area contributed by atoms with Gasteiger partial charge < -0.3 is 10.1 Å². The Bertz CT molecular complexity index is 239. The van der Waals surface area contributed by atoms with Gasteiger partial charge >= 0.3 is 0 Å². The molecule has 1 aromatic rings. The standard InChI is InChI=1S/C9H14BrNOS/c1-12-5-4-11-3-2-8-6-13-7-9(8)10/h6-7,11H,2-5H2,1H3. The number of hydrogen-bond acceptors (Lipinski definition) is 3. The molecule has 0 amide bonds. The van der Waals surface area contributed by atoms with E-state index < -0.39 is 0 Å². The van der Waals surface area contributed by atoms with Gasteiger partial charge in [0.25, 0.3) is 0 Å². The zero-order chi connectivity index (χ0) is 9.52. The first-order chi connectivity index (χ1) is 6.34. The van der Waals surface area contributed by atoms with E-state index in [9.17, 15) is 0 Å². The number of rotatable bonds is 6. The molecule has 4 heteroatoms. The quantitative estimate of drug-likeness (QED) is 0.796. The van der Waals surface area contributed by atoms with Crippen LogP contribution in [0, 0.1) is 0 Å². The summed E-state index contributed by atoms with van der Waals surface area (Å²) in [7, 11) is 1.72. The molecule has 0 unspecified atom stereocenters. The van der Waals surface area contributed by atoms with Gasteiger partial charge in [-0.1, -0.05) is 0 Å². The minimum absolute atomic E-state index is 0.783. The van der Waals surface area contributed by atoms with Gasteiger partial charge in [-0.25, -0.2) is 0 Å². The molecule has 1 aromatic heterocycles. The Morgan fingerprint density at radius 3 is 2.92 bits per heavy atom. The summed E-state index contributed by atoms with van der Waals surface area (Å²) in [6.07, 6.45) is 1.08. The van der Waals surface area contributed by atoms with Crippen LogP contribution in [0.4, 0.5) is 0 Å². The second-order valence-electron chi connectivity index (χ2n) is 2.74. The Labute approximate surface area is 91.4 Å². The van der Waals surface area contributed by atoms with E-state index in [-0.39, 0.29) is 0 Å². The van der Waals surface area contributed by atoms with Crippen LogP contribution in [0.3, 0.4) is 0 Å². The van der Waals surface area contributed by atoms with Crippen LogP contribution < -0.4 is 5.32 Å². The summed E-state index contributed by atoms with van der Waals surface area (Å²) >= 11 is 5.24. The maximum atomic E-state index is 4.93. The number of halogens is 1. The van der Waals surface area contributed by atoms with Crippen molar-refractivity contribution in [1.82, 2.24) is 5.32 Å². The highest BCUT2D eigenvalue weighted by Gasteiger charge is 1.99. The zero-order valence-corrected chi connectivity index (χ0v) is 10.1. The summed E-state index contributed by atoms with van der Waals surface area (Å²) in [5.74, 6) is 0. The largest absolute Gasteiger partial charge is 0.383 e. The number of thiophene rings is 1. The van der Waals surface area contributed by atoms with E-state index in [4.69, 9.17) is 4.74 Å². The van der Waals surface area contributed by atoms with Crippen molar-refractivity contribution in [2.75, 3.05) is 26.8 Å². The van der Waals surface area contributed by atoms with Crippen molar-refractivity contribution in [3.63, 3.8) is 0 Å². The normalized spacial score (nSPS) is 10.6. The van der Waals surface area contributed by atoms with Crippen molar-refractivity contribution >= 4 is 27.3 Å². The van der Waals surface area contributed by atoms with Crippen LogP contribution in [-0.4, -0.2) is 26.8 Å². The van der Waals surface area contributed by atoms with Crippen LogP contribution in [-0.2, 0) is 11.2 Å². The lowest BCUT2D eigenvalue weighted by molar-refractivity contribution is 0.199. The van der Waals surface area contributed by atoms with Crippen molar-refractivity contribution in [3.05, 3.63) is 20.8 Å². The van der Waals surface area contributed by atoms with E-state index in [0.29, 0.717) is 0 Å². The fourth-order valence-corrected chi connectivity index (χ4v) is 2.54. The summed E-state index contributed by atoms with van der Waals surface area (Å²) in [6.45, 7) is 2.72. The monoisotopic (exact) mass is 263 g/mol. The average molecular weight is 264 g/mol. The maximum absolute atomic E-state index is 4.93.